The molecule has 0 N–H and O–H groups in total. The lowest BCUT2D eigenvalue weighted by molar-refractivity contribution is 0.112. The number of aldehydes is 1. The molecule has 0 atom stereocenters. The summed E-state index contributed by atoms with van der Waals surface area (Å²) in [5.41, 5.74) is 2.68. The van der Waals surface area contributed by atoms with Crippen LogP contribution in [0.15, 0.2) is 42.5 Å². The van der Waals surface area contributed by atoms with Crippen LogP contribution in [0.3, 0.4) is 0 Å². The van der Waals surface area contributed by atoms with Gasteiger partial charge in [-0.1, -0.05) is 36.4 Å². The monoisotopic (exact) mass is 268 g/mol. The second kappa shape index (κ2) is 6.57. The average molecular weight is 268 g/mol. The van der Waals surface area contributed by atoms with Gasteiger partial charge in [-0.15, -0.1) is 0 Å². The van der Waals surface area contributed by atoms with E-state index in [4.69, 9.17) is 9.47 Å². The maximum absolute atomic E-state index is 10.6. The Kier molecular flexibility index (Phi) is 4.56. The molecule has 0 bridgehead atoms. The van der Waals surface area contributed by atoms with E-state index >= 15 is 0 Å². The summed E-state index contributed by atoms with van der Waals surface area (Å²) in [5, 5.41) is 0. The standard InChI is InChI=1S/C17H16O3/c1-19-16-9-15(10-17(11-16)20-2)8-5-13-3-6-14(12-18)7-4-13/h3-12H,1-2H3/b8-5+. The molecule has 0 aromatic heterocycles. The minimum Gasteiger partial charge on any atom is -0.497 e. The number of hydrogen-bond donors (Lipinski definition) is 0. The zero-order chi connectivity index (χ0) is 14.4. The van der Waals surface area contributed by atoms with Crippen molar-refractivity contribution in [2.45, 2.75) is 0 Å². The molecule has 0 aliphatic carbocycles. The van der Waals surface area contributed by atoms with Gasteiger partial charge in [0.25, 0.3) is 0 Å². The molecule has 102 valence electrons. The summed E-state index contributed by atoms with van der Waals surface area (Å²) in [7, 11) is 3.25. The summed E-state index contributed by atoms with van der Waals surface area (Å²) < 4.78 is 10.5. The second-order valence-electron chi connectivity index (χ2n) is 4.26. The van der Waals surface area contributed by atoms with Crippen LogP contribution in [0, 0.1) is 0 Å². The van der Waals surface area contributed by atoms with Crippen molar-refractivity contribution >= 4 is 18.4 Å². The molecule has 0 radical (unpaired) electrons. The predicted octanol–water partition coefficient (Wildman–Crippen LogP) is 3.69. The van der Waals surface area contributed by atoms with E-state index in [1.54, 1.807) is 26.4 Å². The van der Waals surface area contributed by atoms with Crippen molar-refractivity contribution in [3.8, 4) is 11.5 Å². The summed E-state index contributed by atoms with van der Waals surface area (Å²) in [6.45, 7) is 0. The van der Waals surface area contributed by atoms with Crippen molar-refractivity contribution in [3.63, 3.8) is 0 Å². The first kappa shape index (κ1) is 13.9. The summed E-state index contributed by atoms with van der Waals surface area (Å²) in [4.78, 5) is 10.6. The molecule has 0 heterocycles. The van der Waals surface area contributed by atoms with Crippen LogP contribution < -0.4 is 9.47 Å². The van der Waals surface area contributed by atoms with Crippen molar-refractivity contribution in [2.24, 2.45) is 0 Å². The molecular formula is C17H16O3. The largest absolute Gasteiger partial charge is 0.497 e. The molecule has 0 aliphatic rings. The van der Waals surface area contributed by atoms with Crippen molar-refractivity contribution in [1.82, 2.24) is 0 Å². The fourth-order valence-corrected chi connectivity index (χ4v) is 1.80. The maximum Gasteiger partial charge on any atom is 0.150 e. The molecule has 3 heteroatoms. The summed E-state index contributed by atoms with van der Waals surface area (Å²) in [5.74, 6) is 1.50. The van der Waals surface area contributed by atoms with Crippen LogP contribution in [-0.2, 0) is 0 Å². The molecule has 0 saturated heterocycles. The van der Waals surface area contributed by atoms with Crippen molar-refractivity contribution in [3.05, 3.63) is 59.2 Å². The highest BCUT2D eigenvalue weighted by Crippen LogP contribution is 2.23. The lowest BCUT2D eigenvalue weighted by atomic mass is 10.1. The Hall–Kier alpha value is -2.55. The van der Waals surface area contributed by atoms with Gasteiger partial charge in [-0.05, 0) is 23.3 Å². The van der Waals surface area contributed by atoms with E-state index in [1.165, 1.54) is 0 Å². The number of benzene rings is 2. The minimum atomic E-state index is 0.671. The van der Waals surface area contributed by atoms with Crippen LogP contribution in [0.2, 0.25) is 0 Å². The average Bonchev–Trinajstić information content (AvgIpc) is 2.53. The smallest absolute Gasteiger partial charge is 0.150 e. The van der Waals surface area contributed by atoms with Gasteiger partial charge >= 0.3 is 0 Å². The maximum atomic E-state index is 10.6. The zero-order valence-corrected chi connectivity index (χ0v) is 11.5. The van der Waals surface area contributed by atoms with Crippen molar-refractivity contribution < 1.29 is 14.3 Å². The Morgan fingerprint density at radius 3 is 1.75 bits per heavy atom. The first-order valence-corrected chi connectivity index (χ1v) is 6.21. The second-order valence-corrected chi connectivity index (χ2v) is 4.26. The van der Waals surface area contributed by atoms with Crippen molar-refractivity contribution in [1.29, 1.82) is 0 Å². The predicted molar refractivity (Wildman–Crippen MR) is 80.3 cm³/mol. The van der Waals surface area contributed by atoms with Crippen LogP contribution >= 0.6 is 0 Å². The lowest BCUT2D eigenvalue weighted by Gasteiger charge is -2.05. The zero-order valence-electron chi connectivity index (χ0n) is 11.5. The summed E-state index contributed by atoms with van der Waals surface area (Å²) >= 11 is 0. The molecule has 0 fully saturated rings. The van der Waals surface area contributed by atoms with E-state index in [9.17, 15) is 4.79 Å². The third kappa shape index (κ3) is 3.48. The molecule has 2 rings (SSSR count). The molecule has 0 aliphatic heterocycles. The highest BCUT2D eigenvalue weighted by molar-refractivity contribution is 5.77. The van der Waals surface area contributed by atoms with E-state index in [0.29, 0.717) is 5.56 Å². The Morgan fingerprint density at radius 2 is 1.25 bits per heavy atom. The number of hydrogen-bond acceptors (Lipinski definition) is 3. The van der Waals surface area contributed by atoms with E-state index in [1.807, 2.05) is 42.5 Å². The Morgan fingerprint density at radius 1 is 0.750 bits per heavy atom. The van der Waals surface area contributed by atoms with Gasteiger partial charge in [0, 0.05) is 11.6 Å². The first-order chi connectivity index (χ1) is 9.75. The van der Waals surface area contributed by atoms with Crippen LogP contribution in [0.4, 0.5) is 0 Å². The fourth-order valence-electron chi connectivity index (χ4n) is 1.80. The topological polar surface area (TPSA) is 35.5 Å². The normalized spacial score (nSPS) is 10.5. The fraction of sp³-hybridized carbons (Fsp3) is 0.118. The van der Waals surface area contributed by atoms with Gasteiger partial charge in [-0.2, -0.15) is 0 Å². The van der Waals surface area contributed by atoms with Gasteiger partial charge in [0.1, 0.15) is 17.8 Å². The van der Waals surface area contributed by atoms with Crippen LogP contribution in [-0.4, -0.2) is 20.5 Å². The minimum absolute atomic E-state index is 0.671. The van der Waals surface area contributed by atoms with E-state index < -0.39 is 0 Å². The molecular weight excluding hydrogens is 252 g/mol. The third-order valence-electron chi connectivity index (χ3n) is 2.91. The molecule has 2 aromatic rings. The van der Waals surface area contributed by atoms with Crippen molar-refractivity contribution in [2.75, 3.05) is 14.2 Å². The van der Waals surface area contributed by atoms with E-state index in [-0.39, 0.29) is 0 Å². The summed E-state index contributed by atoms with van der Waals surface area (Å²) in [6.07, 6.45) is 4.78. The summed E-state index contributed by atoms with van der Waals surface area (Å²) in [6, 6.07) is 13.1. The Balaban J connectivity index is 2.23. The molecule has 0 amide bonds. The van der Waals surface area contributed by atoms with Gasteiger partial charge < -0.3 is 9.47 Å². The number of rotatable bonds is 5. The molecule has 0 spiro atoms. The Labute approximate surface area is 118 Å². The van der Waals surface area contributed by atoms with Gasteiger partial charge in [0.15, 0.2) is 0 Å². The molecule has 2 aromatic carbocycles. The number of ether oxygens (including phenoxy) is 2. The van der Waals surface area contributed by atoms with Crippen LogP contribution in [0.1, 0.15) is 21.5 Å². The number of carbonyl (C=O) groups is 1. The quantitative estimate of drug-likeness (QED) is 0.613. The highest BCUT2D eigenvalue weighted by Gasteiger charge is 1.99. The van der Waals surface area contributed by atoms with E-state index in [2.05, 4.69) is 0 Å². The van der Waals surface area contributed by atoms with Gasteiger partial charge in [0.05, 0.1) is 14.2 Å². The third-order valence-corrected chi connectivity index (χ3v) is 2.91. The van der Waals surface area contributed by atoms with E-state index in [0.717, 1.165) is 28.9 Å². The molecule has 0 saturated carbocycles. The number of carbonyl (C=O) groups excluding carboxylic acids is 1. The van der Waals surface area contributed by atoms with Crippen LogP contribution in [0.5, 0.6) is 11.5 Å². The first-order valence-electron chi connectivity index (χ1n) is 6.21. The SMILES string of the molecule is COc1cc(/C=C/c2ccc(C=O)cc2)cc(OC)c1. The highest BCUT2D eigenvalue weighted by atomic mass is 16.5. The van der Waals surface area contributed by atoms with Gasteiger partial charge in [-0.3, -0.25) is 4.79 Å². The molecule has 0 unspecified atom stereocenters. The molecule has 20 heavy (non-hydrogen) atoms. The van der Waals surface area contributed by atoms with Gasteiger partial charge in [-0.25, -0.2) is 0 Å². The Bertz CT molecular complexity index is 590. The number of methoxy groups -OCH3 is 2. The van der Waals surface area contributed by atoms with Crippen LogP contribution in [0.25, 0.3) is 12.2 Å². The lowest BCUT2D eigenvalue weighted by Crippen LogP contribution is -1.88. The molecule has 3 nitrogen and oxygen atoms in total. The van der Waals surface area contributed by atoms with Gasteiger partial charge in [0.2, 0.25) is 0 Å².